The Morgan fingerprint density at radius 3 is 2.62 bits per heavy atom. The fraction of sp³-hybridized carbons (Fsp3) is 0.353. The largest absolute Gasteiger partial charge is 0.454 e. The molecular formula is C17H20N4O3. The van der Waals surface area contributed by atoms with E-state index in [9.17, 15) is 4.79 Å². The van der Waals surface area contributed by atoms with Crippen LogP contribution in [0.5, 0.6) is 11.5 Å². The first-order valence-electron chi connectivity index (χ1n) is 7.65. The Labute approximate surface area is 140 Å². The molecule has 7 nitrogen and oxygen atoms in total. The molecule has 0 atom stereocenters. The Balaban J connectivity index is 1.82. The van der Waals surface area contributed by atoms with Gasteiger partial charge in [0.2, 0.25) is 6.79 Å². The molecule has 1 amide bonds. The summed E-state index contributed by atoms with van der Waals surface area (Å²) in [4.78, 5) is 20.8. The van der Waals surface area contributed by atoms with Crippen molar-refractivity contribution in [3.05, 3.63) is 35.8 Å². The van der Waals surface area contributed by atoms with Crippen LogP contribution in [0.2, 0.25) is 0 Å². The number of amides is 1. The van der Waals surface area contributed by atoms with Crippen LogP contribution in [0.15, 0.2) is 24.3 Å². The third-order valence-electron chi connectivity index (χ3n) is 3.20. The van der Waals surface area contributed by atoms with E-state index in [1.165, 1.54) is 0 Å². The predicted molar refractivity (Wildman–Crippen MR) is 89.8 cm³/mol. The molecule has 2 heterocycles. The van der Waals surface area contributed by atoms with Gasteiger partial charge in [-0.3, -0.25) is 4.79 Å². The third-order valence-corrected chi connectivity index (χ3v) is 3.20. The first-order chi connectivity index (χ1) is 11.3. The van der Waals surface area contributed by atoms with Gasteiger partial charge >= 0.3 is 0 Å². The highest BCUT2D eigenvalue weighted by Gasteiger charge is 2.18. The van der Waals surface area contributed by atoms with E-state index < -0.39 is 0 Å². The number of aryl methyl sites for hydroxylation is 1. The molecule has 0 unspecified atom stereocenters. The van der Waals surface area contributed by atoms with Crippen LogP contribution in [0.4, 0.5) is 11.5 Å². The highest BCUT2D eigenvalue weighted by molar-refractivity contribution is 5.93. The van der Waals surface area contributed by atoms with Crippen molar-refractivity contribution in [3.8, 4) is 11.5 Å². The molecule has 2 N–H and O–H groups in total. The number of anilines is 2. The lowest BCUT2D eigenvalue weighted by molar-refractivity contribution is 0.0914. The average molecular weight is 328 g/mol. The summed E-state index contributed by atoms with van der Waals surface area (Å²) in [5.74, 6) is 2.21. The number of fused-ring (bicyclic) bond motifs is 1. The fourth-order valence-corrected chi connectivity index (χ4v) is 2.27. The quantitative estimate of drug-likeness (QED) is 0.901. The molecule has 3 rings (SSSR count). The maximum atomic E-state index is 12.3. The summed E-state index contributed by atoms with van der Waals surface area (Å²) in [5, 5.41) is 6.06. The molecular weight excluding hydrogens is 308 g/mol. The zero-order valence-corrected chi connectivity index (χ0v) is 14.1. The van der Waals surface area contributed by atoms with Crippen molar-refractivity contribution in [1.29, 1.82) is 0 Å². The molecule has 7 heteroatoms. The van der Waals surface area contributed by atoms with E-state index >= 15 is 0 Å². The smallest absolute Gasteiger partial charge is 0.270 e. The lowest BCUT2D eigenvalue weighted by atomic mass is 10.1. The molecule has 2 aromatic rings. The summed E-state index contributed by atoms with van der Waals surface area (Å²) >= 11 is 0. The van der Waals surface area contributed by atoms with E-state index in [0.29, 0.717) is 28.8 Å². The van der Waals surface area contributed by atoms with Crippen LogP contribution in [0.25, 0.3) is 0 Å². The van der Waals surface area contributed by atoms with Gasteiger partial charge in [0, 0.05) is 23.4 Å². The molecule has 24 heavy (non-hydrogen) atoms. The van der Waals surface area contributed by atoms with Crippen molar-refractivity contribution >= 4 is 17.4 Å². The number of rotatable bonds is 3. The van der Waals surface area contributed by atoms with E-state index in [2.05, 4.69) is 20.6 Å². The van der Waals surface area contributed by atoms with Crippen molar-refractivity contribution < 1.29 is 14.3 Å². The number of nitrogens with one attached hydrogen (secondary N) is 2. The van der Waals surface area contributed by atoms with E-state index in [1.807, 2.05) is 39.0 Å². The van der Waals surface area contributed by atoms with Crippen LogP contribution < -0.4 is 20.1 Å². The van der Waals surface area contributed by atoms with Gasteiger partial charge in [-0.15, -0.1) is 0 Å². The molecule has 1 aromatic carbocycles. The topological polar surface area (TPSA) is 85.4 Å². The van der Waals surface area contributed by atoms with E-state index in [0.717, 1.165) is 5.69 Å². The summed E-state index contributed by atoms with van der Waals surface area (Å²) in [6.07, 6.45) is 0. The number of aromatic nitrogens is 2. The average Bonchev–Trinajstić information content (AvgIpc) is 2.92. The molecule has 0 radical (unpaired) electrons. The zero-order valence-electron chi connectivity index (χ0n) is 14.1. The Hall–Kier alpha value is -2.83. The summed E-state index contributed by atoms with van der Waals surface area (Å²) in [6, 6.07) is 7.14. The minimum absolute atomic E-state index is 0.225. The van der Waals surface area contributed by atoms with E-state index in [-0.39, 0.29) is 18.2 Å². The van der Waals surface area contributed by atoms with Gasteiger partial charge in [0.1, 0.15) is 17.3 Å². The van der Waals surface area contributed by atoms with Crippen LogP contribution in [-0.2, 0) is 0 Å². The van der Waals surface area contributed by atoms with Gasteiger partial charge in [0.15, 0.2) is 11.5 Å². The van der Waals surface area contributed by atoms with Crippen molar-refractivity contribution in [2.75, 3.05) is 12.1 Å². The number of nitrogens with zero attached hydrogens (tertiary/aromatic N) is 2. The first-order valence-corrected chi connectivity index (χ1v) is 7.65. The Morgan fingerprint density at radius 2 is 1.88 bits per heavy atom. The van der Waals surface area contributed by atoms with Crippen molar-refractivity contribution in [2.45, 2.75) is 33.2 Å². The summed E-state index contributed by atoms with van der Waals surface area (Å²) < 4.78 is 10.6. The number of carbonyl (C=O) groups excluding carboxylic acids is 1. The van der Waals surface area contributed by atoms with Gasteiger partial charge in [-0.1, -0.05) is 0 Å². The molecule has 0 saturated heterocycles. The van der Waals surface area contributed by atoms with Crippen LogP contribution >= 0.6 is 0 Å². The summed E-state index contributed by atoms with van der Waals surface area (Å²) in [7, 11) is 0. The standard InChI is InChI=1S/C17H20N4O3/c1-10-18-12(16(22)21-17(2,3)4)8-15(19-10)20-11-5-6-13-14(7-11)24-9-23-13/h5-8H,9H2,1-4H3,(H,21,22)(H,18,19,20). The molecule has 0 saturated carbocycles. The Kier molecular flexibility index (Phi) is 4.01. The number of ether oxygens (including phenoxy) is 2. The highest BCUT2D eigenvalue weighted by Crippen LogP contribution is 2.34. The monoisotopic (exact) mass is 328 g/mol. The second-order valence-corrected chi connectivity index (χ2v) is 6.58. The van der Waals surface area contributed by atoms with Gasteiger partial charge < -0.3 is 20.1 Å². The molecule has 0 aliphatic carbocycles. The zero-order chi connectivity index (χ0) is 17.3. The molecule has 1 aromatic heterocycles. The van der Waals surface area contributed by atoms with Crippen molar-refractivity contribution in [1.82, 2.24) is 15.3 Å². The minimum Gasteiger partial charge on any atom is -0.454 e. The minimum atomic E-state index is -0.332. The van der Waals surface area contributed by atoms with Crippen LogP contribution in [0, 0.1) is 6.92 Å². The van der Waals surface area contributed by atoms with Gasteiger partial charge in [-0.25, -0.2) is 9.97 Å². The molecule has 126 valence electrons. The molecule has 1 aliphatic rings. The summed E-state index contributed by atoms with van der Waals surface area (Å²) in [6.45, 7) is 7.74. The van der Waals surface area contributed by atoms with Gasteiger partial charge in [0.25, 0.3) is 5.91 Å². The van der Waals surface area contributed by atoms with E-state index in [1.54, 1.807) is 13.0 Å². The van der Waals surface area contributed by atoms with Crippen LogP contribution in [-0.4, -0.2) is 28.2 Å². The molecule has 1 aliphatic heterocycles. The SMILES string of the molecule is Cc1nc(Nc2ccc3c(c2)OCO3)cc(C(=O)NC(C)(C)C)n1. The lowest BCUT2D eigenvalue weighted by Crippen LogP contribution is -2.41. The molecule has 0 fully saturated rings. The molecule has 0 spiro atoms. The predicted octanol–water partition coefficient (Wildman–Crippen LogP) is 2.79. The van der Waals surface area contributed by atoms with Crippen molar-refractivity contribution in [2.24, 2.45) is 0 Å². The normalized spacial score (nSPS) is 12.8. The summed E-state index contributed by atoms with van der Waals surface area (Å²) in [5.41, 5.74) is 0.779. The van der Waals surface area contributed by atoms with Crippen molar-refractivity contribution in [3.63, 3.8) is 0 Å². The molecule has 0 bridgehead atoms. The Morgan fingerprint density at radius 1 is 1.12 bits per heavy atom. The van der Waals surface area contributed by atoms with Gasteiger partial charge in [-0.05, 0) is 39.8 Å². The third kappa shape index (κ3) is 3.73. The van der Waals surface area contributed by atoms with E-state index in [4.69, 9.17) is 9.47 Å². The maximum Gasteiger partial charge on any atom is 0.270 e. The highest BCUT2D eigenvalue weighted by atomic mass is 16.7. The van der Waals surface area contributed by atoms with Gasteiger partial charge in [-0.2, -0.15) is 0 Å². The Bertz CT molecular complexity index is 784. The second kappa shape index (κ2) is 5.99. The lowest BCUT2D eigenvalue weighted by Gasteiger charge is -2.20. The maximum absolute atomic E-state index is 12.3. The fourth-order valence-electron chi connectivity index (χ4n) is 2.27. The van der Waals surface area contributed by atoms with Crippen LogP contribution in [0.3, 0.4) is 0 Å². The van der Waals surface area contributed by atoms with Gasteiger partial charge in [0.05, 0.1) is 0 Å². The first kappa shape index (κ1) is 16.0. The number of hydrogen-bond acceptors (Lipinski definition) is 6. The van der Waals surface area contributed by atoms with Crippen LogP contribution in [0.1, 0.15) is 37.1 Å². The number of benzene rings is 1. The number of carbonyl (C=O) groups is 1. The second-order valence-electron chi connectivity index (χ2n) is 6.58. The number of hydrogen-bond donors (Lipinski definition) is 2.